The van der Waals surface area contributed by atoms with Gasteiger partial charge in [-0.25, -0.2) is 0 Å². The molecule has 0 saturated carbocycles. The van der Waals surface area contributed by atoms with Gasteiger partial charge in [-0.05, 0) is 132 Å². The van der Waals surface area contributed by atoms with Gasteiger partial charge in [-0.2, -0.15) is 0 Å². The molecule has 0 amide bonds. The molecule has 12 aromatic rings. The maximum absolute atomic E-state index is 7.29. The van der Waals surface area contributed by atoms with Crippen LogP contribution in [-0.4, -0.2) is 34.4 Å². The number of fused-ring (bicyclic) bond motifs is 6. The summed E-state index contributed by atoms with van der Waals surface area (Å²) in [5, 5.41) is 17.6. The van der Waals surface area contributed by atoms with E-state index in [9.17, 15) is 0 Å². The van der Waals surface area contributed by atoms with Gasteiger partial charge in [0.25, 0.3) is 0 Å². The monoisotopic (exact) mass is 2110 g/mol. The predicted octanol–water partition coefficient (Wildman–Crippen LogP) is 14.9. The molecule has 2 aliphatic rings. The van der Waals surface area contributed by atoms with Crippen molar-refractivity contribution in [2.24, 2.45) is 0 Å². The minimum absolute atomic E-state index is 0. The molecule has 0 spiro atoms. The minimum atomic E-state index is -1.72. The molecule has 0 fully saturated rings. The molecule has 0 saturated heterocycles. The number of unbranched alkanes of at least 4 members (excludes halogenated alkanes) is 1. The Kier molecular flexibility index (Phi) is 32.0. The van der Waals surface area contributed by atoms with Crippen LogP contribution in [0.4, 0.5) is 0 Å². The van der Waals surface area contributed by atoms with Crippen molar-refractivity contribution in [2.45, 2.75) is 39.0 Å². The molecule has 10 heteroatoms. The van der Waals surface area contributed by atoms with Crippen LogP contribution >= 0.6 is 31.7 Å². The Labute approximate surface area is 660 Å². The van der Waals surface area contributed by atoms with Crippen LogP contribution < -0.4 is 63.2 Å². The summed E-state index contributed by atoms with van der Waals surface area (Å²) in [5.41, 5.74) is 8.47. The quantitative estimate of drug-likeness (QED) is 0.0315. The third-order valence-corrected chi connectivity index (χ3v) is 38.2. The summed E-state index contributed by atoms with van der Waals surface area (Å²) in [6.45, 7) is 9.27. The van der Waals surface area contributed by atoms with Gasteiger partial charge in [0, 0.05) is 0 Å². The molecule has 0 atom stereocenters. The van der Waals surface area contributed by atoms with Gasteiger partial charge in [-0.1, -0.05) is 217 Å². The van der Waals surface area contributed by atoms with Crippen molar-refractivity contribution >= 4 is 111 Å². The second-order valence-corrected chi connectivity index (χ2v) is 44.5. The van der Waals surface area contributed by atoms with Crippen LogP contribution in [0.3, 0.4) is 0 Å². The Balaban J connectivity index is 0.000000186. The van der Waals surface area contributed by atoms with Gasteiger partial charge in [0.05, 0.1) is 49.4 Å². The van der Waals surface area contributed by atoms with Crippen LogP contribution in [0.2, 0.25) is 26.2 Å². The first-order valence-electron chi connectivity index (χ1n) is 32.7. The Morgan fingerprint density at radius 3 is 0.586 bits per heavy atom. The van der Waals surface area contributed by atoms with Crippen LogP contribution in [0.25, 0.3) is 22.3 Å². The standard InChI is InChI=1S/C28H28P2.C25H22P2.2C18H12Si.4Au/c1-5-15-25(16-6-1)29(26-17-7-2-8-18-26)23-13-14-24-30(27-19-9-3-10-20-27)28-21-11-4-12-22-28;1-5-13-22(14-6-1)26(23-15-7-2-8-16-23)21-27(24-17-9-3-10-18-24)25-19-11-4-12-20-25;2*1-5-13-7-9-15-16-10-8-14(6-2)12-18(16)19(3,4)17(15)11-13;;;;/h1-12,15-22H,13-14,23-24H2;1-20H,21H2;2*7-12H,3-4H3;;;;/q;;2*-2;4*+1/p+4. The Morgan fingerprint density at radius 2 is 0.414 bits per heavy atom. The Bertz CT molecular complexity index is 4100. The van der Waals surface area contributed by atoms with Crippen LogP contribution in [0.1, 0.15) is 35.1 Å². The molecule has 12 aromatic carbocycles. The van der Waals surface area contributed by atoms with Crippen molar-refractivity contribution in [2.75, 3.05) is 18.2 Å². The molecule has 0 bridgehead atoms. The molecule has 14 rings (SSSR count). The summed E-state index contributed by atoms with van der Waals surface area (Å²) in [6.07, 6.45) is 34.4. The van der Waals surface area contributed by atoms with E-state index in [0.29, 0.717) is 0 Å². The van der Waals surface area contributed by atoms with Gasteiger partial charge >= 0.3 is 89.5 Å². The SMILES string of the molecule is [Au+].[Au+].[Au+].[Au+].[C-]#Cc1ccc2c(c1)[Si](C)(C)c1cc(C#[C-])ccc1-2.[C-]#Cc1ccc2c(c1)[Si](C)(C)c1cc(C#[C-])ccc1-2.c1ccc([PH+](CCCC[PH+](c2ccccc2)c2ccccc2)c2ccccc2)cc1.c1ccc([PH+](C[PH+](c2ccccc2)c2ccccc2)c2ccccc2)cc1. The number of hydrogen-bond acceptors (Lipinski definition) is 0. The van der Waals surface area contributed by atoms with Crippen molar-refractivity contribution in [3.05, 3.63) is 363 Å². The molecule has 2 heterocycles. The zero-order chi connectivity index (χ0) is 66.0. The summed E-state index contributed by atoms with van der Waals surface area (Å²) in [4.78, 5) is 0. The summed E-state index contributed by atoms with van der Waals surface area (Å²) in [7, 11) is -6.57. The van der Waals surface area contributed by atoms with Gasteiger partial charge < -0.3 is 25.7 Å². The minimum Gasteiger partial charge on any atom is -0.366 e. The molecule has 99 heavy (non-hydrogen) atoms. The van der Waals surface area contributed by atoms with Gasteiger partial charge in [-0.15, -0.1) is 70.8 Å². The van der Waals surface area contributed by atoms with E-state index < -0.39 is 47.8 Å². The average molecular weight is 2120 g/mol. The smallest absolute Gasteiger partial charge is 0.366 e. The van der Waals surface area contributed by atoms with Gasteiger partial charge in [0.1, 0.15) is 53.2 Å². The van der Waals surface area contributed by atoms with Crippen molar-refractivity contribution in [3.63, 3.8) is 0 Å². The molecule has 0 unspecified atom stereocenters. The van der Waals surface area contributed by atoms with Crippen LogP contribution in [0.5, 0.6) is 0 Å². The van der Waals surface area contributed by atoms with Gasteiger partial charge in [0.2, 0.25) is 0 Å². The molecule has 502 valence electrons. The van der Waals surface area contributed by atoms with Gasteiger partial charge in [0.15, 0.2) is 5.90 Å². The topological polar surface area (TPSA) is 0 Å². The van der Waals surface area contributed by atoms with E-state index in [2.05, 4.69) is 341 Å². The molecular formula is C89H78Au4P4Si2+4. The second kappa shape index (κ2) is 39.4. The third-order valence-electron chi connectivity index (χ3n) is 18.4. The second-order valence-electron chi connectivity index (χ2n) is 25.0. The normalized spacial score (nSPS) is 11.8. The zero-order valence-corrected chi connectivity index (χ0v) is 70.4. The van der Waals surface area contributed by atoms with E-state index in [0.717, 1.165) is 22.3 Å². The van der Waals surface area contributed by atoms with E-state index in [1.165, 1.54) is 117 Å². The summed E-state index contributed by atoms with van der Waals surface area (Å²) in [5.74, 6) is 11.1. The first kappa shape index (κ1) is 80.3. The van der Waals surface area contributed by atoms with Crippen molar-refractivity contribution in [3.8, 4) is 45.9 Å². The molecule has 0 nitrogen and oxygen atoms in total. The molecule has 0 radical (unpaired) electrons. The van der Waals surface area contributed by atoms with E-state index in [1.807, 2.05) is 24.3 Å². The van der Waals surface area contributed by atoms with E-state index >= 15 is 0 Å². The van der Waals surface area contributed by atoms with Crippen LogP contribution in [0, 0.1) is 49.4 Å². The molecule has 0 aromatic heterocycles. The first-order chi connectivity index (χ1) is 46.5. The van der Waals surface area contributed by atoms with Crippen molar-refractivity contribution < 1.29 is 89.5 Å². The van der Waals surface area contributed by atoms with E-state index in [1.54, 1.807) is 0 Å². The maximum atomic E-state index is 7.29. The zero-order valence-electron chi connectivity index (χ0n) is 55.8. The number of rotatable bonds is 15. The fourth-order valence-electron chi connectivity index (χ4n) is 13.3. The molecular weight excluding hydrogens is 2040 g/mol. The molecule has 0 N–H and O–H groups in total. The van der Waals surface area contributed by atoms with E-state index in [4.69, 9.17) is 25.7 Å². The summed E-state index contributed by atoms with van der Waals surface area (Å²) < 4.78 is 0. The van der Waals surface area contributed by atoms with Gasteiger partial charge in [-0.3, -0.25) is 23.7 Å². The van der Waals surface area contributed by atoms with Crippen LogP contribution in [-0.2, 0) is 89.5 Å². The van der Waals surface area contributed by atoms with E-state index in [-0.39, 0.29) is 89.5 Å². The maximum Gasteiger partial charge on any atom is 1.00 e. The van der Waals surface area contributed by atoms with Crippen molar-refractivity contribution in [1.29, 1.82) is 0 Å². The number of hydrogen-bond donors (Lipinski definition) is 0. The Morgan fingerprint density at radius 1 is 0.242 bits per heavy atom. The third kappa shape index (κ3) is 20.0. The molecule has 0 aliphatic carbocycles. The summed E-state index contributed by atoms with van der Waals surface area (Å²) >= 11 is 0. The largest absolute Gasteiger partial charge is 1.00 e. The fourth-order valence-corrected chi connectivity index (χ4v) is 32.7. The van der Waals surface area contributed by atoms with Crippen LogP contribution in [0.15, 0.2) is 315 Å². The Hall–Kier alpha value is -6.01. The predicted molar refractivity (Wildman–Crippen MR) is 428 cm³/mol. The average Bonchev–Trinajstić information content (AvgIpc) is 1.59. The van der Waals surface area contributed by atoms with Crippen molar-refractivity contribution in [1.82, 2.24) is 0 Å². The molecule has 2 aliphatic heterocycles. The summed E-state index contributed by atoms with van der Waals surface area (Å²) in [6, 6.07) is 114. The number of benzene rings is 12. The fraction of sp³-hybridized carbons (Fsp3) is 0.101. The first-order valence-corrected chi connectivity index (χ1v) is 45.5.